The summed E-state index contributed by atoms with van der Waals surface area (Å²) in [5, 5.41) is 6.60. The summed E-state index contributed by atoms with van der Waals surface area (Å²) in [6.07, 6.45) is 3.10. The number of carbonyl (C=O) groups excluding carboxylic acids is 2. The van der Waals surface area contributed by atoms with Gasteiger partial charge < -0.3 is 15.5 Å². The Morgan fingerprint density at radius 3 is 2.57 bits per heavy atom. The second-order valence-electron chi connectivity index (χ2n) is 7.18. The van der Waals surface area contributed by atoms with Crippen LogP contribution in [-0.2, 0) is 4.79 Å². The smallest absolute Gasteiger partial charge is 0.261 e. The van der Waals surface area contributed by atoms with Crippen LogP contribution in [0, 0.1) is 12.8 Å². The fraction of sp³-hybridized carbons (Fsp3) is 0.474. The first-order valence-electron chi connectivity index (χ1n) is 9.29. The Labute approximate surface area is 173 Å². The van der Waals surface area contributed by atoms with Crippen molar-refractivity contribution in [2.45, 2.75) is 39.7 Å². The number of likely N-dealkylation sites (tertiary alicyclic amines) is 1. The Hall–Kier alpha value is -2.03. The zero-order chi connectivity index (χ0) is 20.3. The van der Waals surface area contributed by atoms with E-state index in [4.69, 9.17) is 11.6 Å². The van der Waals surface area contributed by atoms with Crippen LogP contribution in [0.4, 0.5) is 10.8 Å². The Morgan fingerprint density at radius 2 is 1.96 bits per heavy atom. The number of rotatable bonds is 5. The van der Waals surface area contributed by atoms with Gasteiger partial charge in [-0.1, -0.05) is 11.6 Å². The summed E-state index contributed by atoms with van der Waals surface area (Å²) in [6, 6.07) is 3.76. The maximum Gasteiger partial charge on any atom is 0.261 e. The summed E-state index contributed by atoms with van der Waals surface area (Å²) in [5.41, 5.74) is 0.941. The molecular weight excluding hydrogens is 398 g/mol. The molecule has 1 aliphatic rings. The lowest BCUT2D eigenvalue weighted by Gasteiger charge is -2.33. The van der Waals surface area contributed by atoms with Crippen LogP contribution in [0.25, 0.3) is 0 Å². The number of amides is 2. The zero-order valence-corrected chi connectivity index (χ0v) is 17.7. The number of aryl methyl sites for hydroxylation is 1. The highest BCUT2D eigenvalue weighted by Gasteiger charge is 2.28. The minimum atomic E-state index is -0.356. The molecule has 2 amide bonds. The van der Waals surface area contributed by atoms with Gasteiger partial charge in [0.25, 0.3) is 5.91 Å². The first kappa shape index (κ1) is 20.7. The average molecular weight is 422 g/mol. The molecule has 0 aliphatic carbocycles. The molecule has 28 heavy (non-hydrogen) atoms. The molecule has 0 unspecified atom stereocenters. The predicted octanol–water partition coefficient (Wildman–Crippen LogP) is 3.81. The molecule has 1 fully saturated rings. The van der Waals surface area contributed by atoms with E-state index in [0.717, 1.165) is 37.5 Å². The Balaban J connectivity index is 1.66. The lowest BCUT2D eigenvalue weighted by atomic mass is 9.95. The molecule has 1 aliphatic heterocycles. The number of aromatic nitrogens is 2. The maximum absolute atomic E-state index is 12.7. The van der Waals surface area contributed by atoms with Crippen molar-refractivity contribution in [1.82, 2.24) is 14.3 Å². The molecule has 3 heterocycles. The molecule has 7 nitrogen and oxygen atoms in total. The quantitative estimate of drug-likeness (QED) is 0.766. The standard InChI is InChI=1S/C19H24ClN5O2S/c1-11(2)25-8-6-13(7-9-25)17(26)23-19-16(12(3)24-28-19)18(27)22-15-5-4-14(20)10-21-15/h4-5,10-11,13H,6-9H2,1-3H3,(H,23,26)(H,21,22,27). The number of pyridine rings is 1. The summed E-state index contributed by atoms with van der Waals surface area (Å²) in [7, 11) is 0. The van der Waals surface area contributed by atoms with Crippen LogP contribution in [0.2, 0.25) is 5.02 Å². The first-order chi connectivity index (χ1) is 13.3. The van der Waals surface area contributed by atoms with E-state index < -0.39 is 0 Å². The summed E-state index contributed by atoms with van der Waals surface area (Å²) < 4.78 is 4.24. The number of nitrogens with zero attached hydrogens (tertiary/aromatic N) is 3. The molecule has 0 radical (unpaired) electrons. The predicted molar refractivity (Wildman–Crippen MR) is 112 cm³/mol. The van der Waals surface area contributed by atoms with Crippen LogP contribution in [0.15, 0.2) is 18.3 Å². The van der Waals surface area contributed by atoms with Crippen molar-refractivity contribution in [3.05, 3.63) is 34.6 Å². The van der Waals surface area contributed by atoms with E-state index in [0.29, 0.717) is 33.1 Å². The lowest BCUT2D eigenvalue weighted by molar-refractivity contribution is -0.121. The van der Waals surface area contributed by atoms with Gasteiger partial charge in [-0.25, -0.2) is 4.98 Å². The molecule has 1 saturated heterocycles. The molecule has 9 heteroatoms. The molecule has 3 rings (SSSR count). The third-order valence-electron chi connectivity index (χ3n) is 4.93. The van der Waals surface area contributed by atoms with E-state index in [-0.39, 0.29) is 17.7 Å². The van der Waals surface area contributed by atoms with Gasteiger partial charge in [0, 0.05) is 18.2 Å². The van der Waals surface area contributed by atoms with E-state index in [2.05, 4.69) is 38.7 Å². The molecule has 2 aromatic rings. The Morgan fingerprint density at radius 1 is 1.25 bits per heavy atom. The summed E-state index contributed by atoms with van der Waals surface area (Å²) >= 11 is 6.94. The topological polar surface area (TPSA) is 87.2 Å². The largest absolute Gasteiger partial charge is 0.316 e. The van der Waals surface area contributed by atoms with Crippen LogP contribution in [-0.4, -0.2) is 45.2 Å². The van der Waals surface area contributed by atoms with Crippen molar-refractivity contribution in [3.63, 3.8) is 0 Å². The first-order valence-corrected chi connectivity index (χ1v) is 10.4. The fourth-order valence-electron chi connectivity index (χ4n) is 3.24. The van der Waals surface area contributed by atoms with Crippen molar-refractivity contribution >= 4 is 45.8 Å². The van der Waals surface area contributed by atoms with E-state index in [1.807, 2.05) is 0 Å². The number of hydrogen-bond acceptors (Lipinski definition) is 6. The fourth-order valence-corrected chi connectivity index (χ4v) is 4.15. The third kappa shape index (κ3) is 4.87. The molecule has 0 saturated carbocycles. The highest BCUT2D eigenvalue weighted by Crippen LogP contribution is 2.28. The Kier molecular flexibility index (Phi) is 6.64. The number of carbonyl (C=O) groups is 2. The highest BCUT2D eigenvalue weighted by atomic mass is 35.5. The third-order valence-corrected chi connectivity index (χ3v) is 6.00. The molecular formula is C19H24ClN5O2S. The molecule has 150 valence electrons. The molecule has 0 aromatic carbocycles. The van der Waals surface area contributed by atoms with Crippen LogP contribution in [0.5, 0.6) is 0 Å². The van der Waals surface area contributed by atoms with Gasteiger partial charge in [-0.05, 0) is 70.4 Å². The van der Waals surface area contributed by atoms with E-state index in [1.165, 1.54) is 6.20 Å². The van der Waals surface area contributed by atoms with Crippen molar-refractivity contribution in [3.8, 4) is 0 Å². The van der Waals surface area contributed by atoms with Gasteiger partial charge in [-0.2, -0.15) is 4.37 Å². The zero-order valence-electron chi connectivity index (χ0n) is 16.2. The number of halogens is 1. The summed E-state index contributed by atoms with van der Waals surface area (Å²) in [4.78, 5) is 31.9. The monoisotopic (exact) mass is 421 g/mol. The number of piperidine rings is 1. The lowest BCUT2D eigenvalue weighted by Crippen LogP contribution is -2.41. The minimum Gasteiger partial charge on any atom is -0.316 e. The number of anilines is 2. The van der Waals surface area contributed by atoms with Crippen LogP contribution < -0.4 is 10.6 Å². The van der Waals surface area contributed by atoms with E-state index >= 15 is 0 Å². The summed E-state index contributed by atoms with van der Waals surface area (Å²) in [5.74, 6) is -0.0682. The summed E-state index contributed by atoms with van der Waals surface area (Å²) in [6.45, 7) is 7.90. The van der Waals surface area contributed by atoms with Gasteiger partial charge in [-0.15, -0.1) is 0 Å². The van der Waals surface area contributed by atoms with E-state index in [1.54, 1.807) is 19.1 Å². The van der Waals surface area contributed by atoms with Crippen molar-refractivity contribution in [2.75, 3.05) is 23.7 Å². The van der Waals surface area contributed by atoms with E-state index in [9.17, 15) is 9.59 Å². The van der Waals surface area contributed by atoms with Gasteiger partial charge in [0.1, 0.15) is 10.8 Å². The van der Waals surface area contributed by atoms with Crippen LogP contribution >= 0.6 is 23.1 Å². The average Bonchev–Trinajstić information content (AvgIpc) is 3.03. The van der Waals surface area contributed by atoms with Crippen molar-refractivity contribution in [1.29, 1.82) is 0 Å². The SMILES string of the molecule is Cc1nsc(NC(=O)C2CCN(C(C)C)CC2)c1C(=O)Nc1ccc(Cl)cn1. The molecule has 2 N–H and O–H groups in total. The second-order valence-corrected chi connectivity index (χ2v) is 8.39. The van der Waals surface area contributed by atoms with Crippen molar-refractivity contribution in [2.24, 2.45) is 5.92 Å². The number of hydrogen-bond donors (Lipinski definition) is 2. The molecule has 2 aromatic heterocycles. The van der Waals surface area contributed by atoms with Gasteiger partial charge in [0.2, 0.25) is 5.91 Å². The molecule has 0 spiro atoms. The van der Waals surface area contributed by atoms with Crippen LogP contribution in [0.3, 0.4) is 0 Å². The number of nitrogens with one attached hydrogen (secondary N) is 2. The molecule has 0 bridgehead atoms. The van der Waals surface area contributed by atoms with Crippen molar-refractivity contribution < 1.29 is 9.59 Å². The maximum atomic E-state index is 12.7. The van der Waals surface area contributed by atoms with Gasteiger partial charge >= 0.3 is 0 Å². The normalized spacial score (nSPS) is 15.6. The van der Waals surface area contributed by atoms with Gasteiger partial charge in [0.05, 0.1) is 16.3 Å². The minimum absolute atomic E-state index is 0.0498. The highest BCUT2D eigenvalue weighted by molar-refractivity contribution is 7.11. The van der Waals surface area contributed by atoms with Gasteiger partial charge in [-0.3, -0.25) is 9.59 Å². The second kappa shape index (κ2) is 8.98. The molecule has 0 atom stereocenters. The Bertz CT molecular complexity index is 845. The van der Waals surface area contributed by atoms with Crippen LogP contribution in [0.1, 0.15) is 42.7 Å². The van der Waals surface area contributed by atoms with Gasteiger partial charge in [0.15, 0.2) is 0 Å².